The van der Waals surface area contributed by atoms with Crippen LogP contribution in [0.2, 0.25) is 0 Å². The Balaban J connectivity index is 2.01. The van der Waals surface area contributed by atoms with Crippen molar-refractivity contribution in [1.82, 2.24) is 14.5 Å². The predicted molar refractivity (Wildman–Crippen MR) is 135 cm³/mol. The average Bonchev–Trinajstić information content (AvgIpc) is 3.12. The molecule has 4 rings (SSSR count). The summed E-state index contributed by atoms with van der Waals surface area (Å²) in [5.41, 5.74) is 10.9. The molecule has 3 nitrogen and oxygen atoms in total. The zero-order valence-corrected chi connectivity index (χ0v) is 20.3. The predicted octanol–water partition coefficient (Wildman–Crippen LogP) is 7.52. The molecule has 0 aliphatic carbocycles. The Labute approximate surface area is 192 Å². The third-order valence-electron chi connectivity index (χ3n) is 6.16. The fourth-order valence-corrected chi connectivity index (χ4v) is 4.62. The van der Waals surface area contributed by atoms with E-state index in [2.05, 4.69) is 94.4 Å². The normalized spacial score (nSPS) is 11.7. The lowest BCUT2D eigenvalue weighted by molar-refractivity contribution is 0.590. The van der Waals surface area contributed by atoms with E-state index in [1.165, 1.54) is 33.4 Å². The van der Waals surface area contributed by atoms with Crippen LogP contribution in [-0.4, -0.2) is 14.5 Å². The molecule has 32 heavy (non-hydrogen) atoms. The lowest BCUT2D eigenvalue weighted by atomic mass is 9.86. The van der Waals surface area contributed by atoms with Gasteiger partial charge in [0.05, 0.1) is 11.4 Å². The van der Waals surface area contributed by atoms with Crippen molar-refractivity contribution in [2.24, 2.45) is 0 Å². The topological polar surface area (TPSA) is 30.7 Å². The standard InChI is InChI=1S/C29H33N3/c1-8-32-27(23-9-11-24(12-10-23)29(5,6)7)26(22-13-15-30-16-14-22)31-28(32)25-20(3)17-19(2)18-21(25)4/h9-18H,8H2,1-7H3. The van der Waals surface area contributed by atoms with Gasteiger partial charge in [-0.2, -0.15) is 0 Å². The first-order valence-corrected chi connectivity index (χ1v) is 11.4. The minimum atomic E-state index is 0.124. The van der Waals surface area contributed by atoms with Gasteiger partial charge in [-0.05, 0) is 61.9 Å². The maximum absolute atomic E-state index is 5.26. The molecular weight excluding hydrogens is 390 g/mol. The fourth-order valence-electron chi connectivity index (χ4n) is 4.62. The molecular formula is C29H33N3. The molecule has 0 N–H and O–H groups in total. The molecule has 0 fully saturated rings. The second kappa shape index (κ2) is 8.38. The second-order valence-corrected chi connectivity index (χ2v) is 9.71. The van der Waals surface area contributed by atoms with E-state index in [0.29, 0.717) is 0 Å². The van der Waals surface area contributed by atoms with Crippen molar-refractivity contribution in [3.05, 3.63) is 83.2 Å². The van der Waals surface area contributed by atoms with Crippen molar-refractivity contribution < 1.29 is 0 Å². The van der Waals surface area contributed by atoms with Crippen molar-refractivity contribution in [3.8, 4) is 33.9 Å². The zero-order valence-electron chi connectivity index (χ0n) is 20.3. The molecule has 3 heteroatoms. The van der Waals surface area contributed by atoms with Crippen LogP contribution < -0.4 is 0 Å². The third kappa shape index (κ3) is 4.00. The molecule has 0 saturated heterocycles. The SMILES string of the molecule is CCn1c(-c2c(C)cc(C)cc2C)nc(-c2ccncc2)c1-c1ccc(C(C)(C)C)cc1. The summed E-state index contributed by atoms with van der Waals surface area (Å²) in [6, 6.07) is 17.6. The highest BCUT2D eigenvalue weighted by Crippen LogP contribution is 2.38. The average molecular weight is 424 g/mol. The van der Waals surface area contributed by atoms with E-state index in [1.54, 1.807) is 0 Å². The van der Waals surface area contributed by atoms with Gasteiger partial charge in [-0.15, -0.1) is 0 Å². The largest absolute Gasteiger partial charge is 0.324 e. The Morgan fingerprint density at radius 1 is 0.812 bits per heavy atom. The third-order valence-corrected chi connectivity index (χ3v) is 6.16. The first-order valence-electron chi connectivity index (χ1n) is 11.4. The highest BCUT2D eigenvalue weighted by Gasteiger charge is 2.23. The minimum Gasteiger partial charge on any atom is -0.324 e. The Morgan fingerprint density at radius 2 is 1.41 bits per heavy atom. The molecule has 0 radical (unpaired) electrons. The smallest absolute Gasteiger partial charge is 0.141 e. The molecule has 2 aromatic carbocycles. The van der Waals surface area contributed by atoms with E-state index in [9.17, 15) is 0 Å². The van der Waals surface area contributed by atoms with Crippen LogP contribution in [0, 0.1) is 20.8 Å². The number of aryl methyl sites for hydroxylation is 3. The molecule has 2 heterocycles. The number of pyridine rings is 1. The van der Waals surface area contributed by atoms with Crippen LogP contribution in [0.15, 0.2) is 60.9 Å². The first kappa shape index (κ1) is 22.0. The van der Waals surface area contributed by atoms with E-state index >= 15 is 0 Å². The number of benzene rings is 2. The number of rotatable bonds is 4. The van der Waals surface area contributed by atoms with Gasteiger partial charge in [0.15, 0.2) is 0 Å². The number of aromatic nitrogens is 3. The lowest BCUT2D eigenvalue weighted by Crippen LogP contribution is -2.10. The monoisotopic (exact) mass is 423 g/mol. The van der Waals surface area contributed by atoms with Gasteiger partial charge in [0.25, 0.3) is 0 Å². The minimum absolute atomic E-state index is 0.124. The molecule has 0 aliphatic heterocycles. The molecule has 0 aliphatic rings. The Bertz CT molecular complexity index is 1220. The molecule has 0 bridgehead atoms. The van der Waals surface area contributed by atoms with Crippen molar-refractivity contribution >= 4 is 0 Å². The van der Waals surface area contributed by atoms with Crippen LogP contribution in [0.25, 0.3) is 33.9 Å². The summed E-state index contributed by atoms with van der Waals surface area (Å²) < 4.78 is 2.37. The molecule has 2 aromatic heterocycles. The number of hydrogen-bond acceptors (Lipinski definition) is 2. The Morgan fingerprint density at radius 3 is 1.94 bits per heavy atom. The van der Waals surface area contributed by atoms with Crippen LogP contribution in [0.1, 0.15) is 49.9 Å². The van der Waals surface area contributed by atoms with Gasteiger partial charge >= 0.3 is 0 Å². The Hall–Kier alpha value is -3.20. The summed E-state index contributed by atoms with van der Waals surface area (Å²) in [6.07, 6.45) is 3.68. The fraction of sp³-hybridized carbons (Fsp3) is 0.310. The highest BCUT2D eigenvalue weighted by molar-refractivity contribution is 5.83. The Kier molecular flexibility index (Phi) is 5.77. The molecule has 0 atom stereocenters. The molecule has 0 unspecified atom stereocenters. The molecule has 0 spiro atoms. The molecule has 0 saturated carbocycles. The van der Waals surface area contributed by atoms with E-state index in [0.717, 1.165) is 29.3 Å². The van der Waals surface area contributed by atoms with Gasteiger partial charge in [-0.1, -0.05) is 62.7 Å². The number of hydrogen-bond donors (Lipinski definition) is 0. The molecule has 4 aromatic rings. The van der Waals surface area contributed by atoms with Crippen LogP contribution >= 0.6 is 0 Å². The van der Waals surface area contributed by atoms with E-state index in [-0.39, 0.29) is 5.41 Å². The summed E-state index contributed by atoms with van der Waals surface area (Å²) in [6.45, 7) is 16.3. The van der Waals surface area contributed by atoms with E-state index < -0.39 is 0 Å². The number of imidazole rings is 1. The van der Waals surface area contributed by atoms with Gasteiger partial charge in [0, 0.05) is 35.6 Å². The van der Waals surface area contributed by atoms with Gasteiger partial charge < -0.3 is 4.57 Å². The first-order chi connectivity index (χ1) is 15.2. The van der Waals surface area contributed by atoms with Crippen LogP contribution in [0.4, 0.5) is 0 Å². The van der Waals surface area contributed by atoms with Gasteiger partial charge in [0.2, 0.25) is 0 Å². The van der Waals surface area contributed by atoms with Crippen molar-refractivity contribution in [1.29, 1.82) is 0 Å². The molecule has 164 valence electrons. The highest BCUT2D eigenvalue weighted by atomic mass is 15.1. The van der Waals surface area contributed by atoms with Crippen molar-refractivity contribution in [2.45, 2.75) is 60.4 Å². The summed E-state index contributed by atoms with van der Waals surface area (Å²) >= 11 is 0. The van der Waals surface area contributed by atoms with E-state index in [4.69, 9.17) is 4.98 Å². The van der Waals surface area contributed by atoms with Crippen LogP contribution in [0.3, 0.4) is 0 Å². The summed E-state index contributed by atoms with van der Waals surface area (Å²) in [4.78, 5) is 9.48. The molecule has 0 amide bonds. The summed E-state index contributed by atoms with van der Waals surface area (Å²) in [5.74, 6) is 1.03. The maximum Gasteiger partial charge on any atom is 0.141 e. The van der Waals surface area contributed by atoms with E-state index in [1.807, 2.05) is 24.5 Å². The van der Waals surface area contributed by atoms with Crippen LogP contribution in [0.5, 0.6) is 0 Å². The quantitative estimate of drug-likeness (QED) is 0.340. The summed E-state index contributed by atoms with van der Waals surface area (Å²) in [7, 11) is 0. The zero-order chi connectivity index (χ0) is 23.0. The van der Waals surface area contributed by atoms with Crippen LogP contribution in [-0.2, 0) is 12.0 Å². The van der Waals surface area contributed by atoms with Crippen molar-refractivity contribution in [3.63, 3.8) is 0 Å². The van der Waals surface area contributed by atoms with Crippen molar-refractivity contribution in [2.75, 3.05) is 0 Å². The van der Waals surface area contributed by atoms with Gasteiger partial charge in [-0.3, -0.25) is 4.98 Å². The lowest BCUT2D eigenvalue weighted by Gasteiger charge is -2.20. The summed E-state index contributed by atoms with van der Waals surface area (Å²) in [5, 5.41) is 0. The number of nitrogens with zero attached hydrogens (tertiary/aromatic N) is 3. The maximum atomic E-state index is 5.26. The van der Waals surface area contributed by atoms with Gasteiger partial charge in [-0.25, -0.2) is 4.98 Å². The second-order valence-electron chi connectivity index (χ2n) is 9.71. The van der Waals surface area contributed by atoms with Gasteiger partial charge in [0.1, 0.15) is 5.82 Å².